The molecule has 0 spiro atoms. The van der Waals surface area contributed by atoms with Crippen LogP contribution in [0.3, 0.4) is 0 Å². The van der Waals surface area contributed by atoms with Crippen molar-refractivity contribution < 1.29 is 0 Å². The van der Waals surface area contributed by atoms with Crippen LogP contribution in [0.5, 0.6) is 0 Å². The number of rotatable bonds is 2. The summed E-state index contributed by atoms with van der Waals surface area (Å²) in [5, 5.41) is 7.18. The third-order valence-electron chi connectivity index (χ3n) is 3.29. The van der Waals surface area contributed by atoms with E-state index in [9.17, 15) is 0 Å². The summed E-state index contributed by atoms with van der Waals surface area (Å²) < 4.78 is 0. The molecule has 2 aromatic carbocycles. The van der Waals surface area contributed by atoms with Crippen molar-refractivity contribution in [2.75, 3.05) is 0 Å². The fourth-order valence-corrected chi connectivity index (χ4v) is 2.35. The maximum Gasteiger partial charge on any atom is 0.134 e. The summed E-state index contributed by atoms with van der Waals surface area (Å²) in [4.78, 5) is 9.19. The molecule has 4 nitrogen and oxygen atoms in total. The topological polar surface area (TPSA) is 57.4 Å². The number of benzene rings is 2. The molecule has 2 aromatic heterocycles. The van der Waals surface area contributed by atoms with Gasteiger partial charge in [-0.3, -0.25) is 0 Å². The zero-order valence-electron chi connectivity index (χ0n) is 10.2. The first kappa shape index (κ1) is 10.3. The van der Waals surface area contributed by atoms with Crippen LogP contribution in [0.4, 0.5) is 0 Å². The number of aromatic amines is 2. The summed E-state index contributed by atoms with van der Waals surface area (Å²) in [6, 6.07) is 14.4. The highest BCUT2D eigenvalue weighted by molar-refractivity contribution is 5.92. The quantitative estimate of drug-likeness (QED) is 0.573. The average molecular weight is 248 g/mol. The molecule has 0 saturated carbocycles. The highest BCUT2D eigenvalue weighted by Gasteiger charge is 2.07. The van der Waals surface area contributed by atoms with E-state index in [0.717, 1.165) is 34.2 Å². The number of nitrogens with zero attached hydrogens (tertiary/aromatic N) is 2. The number of nitrogens with one attached hydrogen (secondary N) is 2. The molecule has 0 aliphatic heterocycles. The van der Waals surface area contributed by atoms with Crippen molar-refractivity contribution >= 4 is 21.9 Å². The van der Waals surface area contributed by atoms with Crippen molar-refractivity contribution in [3.8, 4) is 0 Å². The van der Waals surface area contributed by atoms with Gasteiger partial charge in [-0.25, -0.2) is 9.97 Å². The first-order chi connectivity index (χ1) is 9.38. The second-order valence-electron chi connectivity index (χ2n) is 4.64. The second kappa shape index (κ2) is 3.95. The molecule has 0 aliphatic carbocycles. The molecule has 4 aromatic rings. The fraction of sp³-hybridized carbons (Fsp3) is 0.0667. The standard InChI is InChI=1S/C15H12N4/c1-2-4-10(5-3-1)6-15-17-13-7-11-9-16-19-12(11)8-14(13)18-15/h1-5,7-9,16,19H,6H2. The average Bonchev–Trinajstić information content (AvgIpc) is 3.01. The van der Waals surface area contributed by atoms with Crippen LogP contribution >= 0.6 is 0 Å². The Bertz CT molecular complexity index is 794. The van der Waals surface area contributed by atoms with E-state index in [0.29, 0.717) is 0 Å². The van der Waals surface area contributed by atoms with Gasteiger partial charge in [0.2, 0.25) is 0 Å². The van der Waals surface area contributed by atoms with E-state index >= 15 is 0 Å². The molecule has 2 heterocycles. The van der Waals surface area contributed by atoms with Crippen molar-refractivity contribution in [2.24, 2.45) is 0 Å². The molecule has 0 atom stereocenters. The number of imidazole rings is 1. The van der Waals surface area contributed by atoms with Gasteiger partial charge >= 0.3 is 0 Å². The van der Waals surface area contributed by atoms with E-state index in [-0.39, 0.29) is 0 Å². The van der Waals surface area contributed by atoms with E-state index in [1.807, 2.05) is 30.5 Å². The first-order valence-electron chi connectivity index (χ1n) is 6.24. The summed E-state index contributed by atoms with van der Waals surface area (Å²) in [7, 11) is 0. The van der Waals surface area contributed by atoms with Crippen LogP contribution in [0.25, 0.3) is 21.9 Å². The zero-order chi connectivity index (χ0) is 12.7. The molecular weight excluding hydrogens is 236 g/mol. The Morgan fingerprint density at radius 1 is 0.947 bits per heavy atom. The predicted octanol–water partition coefficient (Wildman–Crippen LogP) is 3.03. The van der Waals surface area contributed by atoms with Gasteiger partial charge in [-0.1, -0.05) is 30.3 Å². The van der Waals surface area contributed by atoms with Crippen LogP contribution in [-0.4, -0.2) is 20.2 Å². The lowest BCUT2D eigenvalue weighted by molar-refractivity contribution is 1.04. The Labute approximate surface area is 109 Å². The van der Waals surface area contributed by atoms with Gasteiger partial charge in [0.05, 0.1) is 16.6 Å². The Morgan fingerprint density at radius 3 is 2.58 bits per heavy atom. The summed E-state index contributed by atoms with van der Waals surface area (Å²) in [6.45, 7) is 0. The van der Waals surface area contributed by atoms with E-state index in [2.05, 4.69) is 38.4 Å². The van der Waals surface area contributed by atoms with Gasteiger partial charge in [-0.2, -0.15) is 0 Å². The van der Waals surface area contributed by atoms with Crippen molar-refractivity contribution in [1.82, 2.24) is 20.2 Å². The number of H-pyrrole nitrogens is 2. The van der Waals surface area contributed by atoms with Crippen molar-refractivity contribution in [3.63, 3.8) is 0 Å². The number of hydrogen-bond donors (Lipinski definition) is 2. The summed E-state index contributed by atoms with van der Waals surface area (Å²) in [5.74, 6) is 0.873. The third kappa shape index (κ3) is 1.78. The maximum absolute atomic E-state index is 4.60. The molecule has 4 rings (SSSR count). The van der Waals surface area contributed by atoms with E-state index in [1.165, 1.54) is 5.56 Å². The van der Waals surface area contributed by atoms with Gasteiger partial charge in [0.1, 0.15) is 5.82 Å². The minimum absolute atomic E-state index is 0.773. The molecule has 0 saturated heterocycles. The van der Waals surface area contributed by atoms with Crippen LogP contribution in [0.2, 0.25) is 0 Å². The molecule has 2 N–H and O–H groups in total. The SMILES string of the molecule is c1ccc(Cc2nc3cc4c[nH][nH]c4cc3n2)cc1. The maximum atomic E-state index is 4.60. The van der Waals surface area contributed by atoms with Crippen molar-refractivity contribution in [2.45, 2.75) is 6.42 Å². The molecular formula is C15H12N4. The molecule has 0 radical (unpaired) electrons. The minimum Gasteiger partial charge on any atom is -0.307 e. The molecule has 92 valence electrons. The lowest BCUT2D eigenvalue weighted by Gasteiger charge is -1.95. The van der Waals surface area contributed by atoms with E-state index in [4.69, 9.17) is 0 Å². The van der Waals surface area contributed by atoms with Gasteiger partial charge in [-0.05, 0) is 17.7 Å². The van der Waals surface area contributed by atoms with Gasteiger partial charge in [0.15, 0.2) is 0 Å². The third-order valence-corrected chi connectivity index (χ3v) is 3.29. The monoisotopic (exact) mass is 248 g/mol. The Kier molecular flexibility index (Phi) is 2.14. The van der Waals surface area contributed by atoms with Crippen LogP contribution < -0.4 is 0 Å². The molecule has 0 aliphatic rings. The Hall–Kier alpha value is -2.62. The summed E-state index contributed by atoms with van der Waals surface area (Å²) in [5.41, 5.74) is 4.18. The van der Waals surface area contributed by atoms with Crippen molar-refractivity contribution in [1.29, 1.82) is 0 Å². The van der Waals surface area contributed by atoms with Gasteiger partial charge in [0.25, 0.3) is 0 Å². The predicted molar refractivity (Wildman–Crippen MR) is 75.0 cm³/mol. The summed E-state index contributed by atoms with van der Waals surface area (Å²) in [6.07, 6.45) is 2.70. The molecule has 0 bridgehead atoms. The minimum atomic E-state index is 0.773. The van der Waals surface area contributed by atoms with Gasteiger partial charge in [-0.15, -0.1) is 0 Å². The summed E-state index contributed by atoms with van der Waals surface area (Å²) >= 11 is 0. The van der Waals surface area contributed by atoms with E-state index in [1.54, 1.807) is 0 Å². The Morgan fingerprint density at radius 2 is 1.74 bits per heavy atom. The molecule has 0 unspecified atom stereocenters. The fourth-order valence-electron chi connectivity index (χ4n) is 2.35. The molecule has 4 heteroatoms. The zero-order valence-corrected chi connectivity index (χ0v) is 10.2. The molecule has 19 heavy (non-hydrogen) atoms. The van der Waals surface area contributed by atoms with Crippen LogP contribution in [0.1, 0.15) is 11.4 Å². The first-order valence-corrected chi connectivity index (χ1v) is 6.24. The molecule has 0 fully saturated rings. The number of aromatic nitrogens is 4. The highest BCUT2D eigenvalue weighted by Crippen LogP contribution is 2.20. The van der Waals surface area contributed by atoms with E-state index < -0.39 is 0 Å². The lowest BCUT2D eigenvalue weighted by atomic mass is 10.1. The van der Waals surface area contributed by atoms with Crippen LogP contribution in [-0.2, 0) is 6.42 Å². The van der Waals surface area contributed by atoms with Crippen LogP contribution in [0.15, 0.2) is 48.7 Å². The number of hydrogen-bond acceptors (Lipinski definition) is 2. The van der Waals surface area contributed by atoms with Crippen LogP contribution in [0, 0.1) is 0 Å². The van der Waals surface area contributed by atoms with Gasteiger partial charge in [0, 0.05) is 18.0 Å². The smallest absolute Gasteiger partial charge is 0.134 e. The lowest BCUT2D eigenvalue weighted by Crippen LogP contribution is -1.89. The van der Waals surface area contributed by atoms with Crippen molar-refractivity contribution in [3.05, 3.63) is 60.0 Å². The molecule has 0 amide bonds. The Balaban J connectivity index is 1.79. The normalized spacial score (nSPS) is 11.4. The number of fused-ring (bicyclic) bond motifs is 2. The van der Waals surface area contributed by atoms with Gasteiger partial charge < -0.3 is 10.2 Å². The highest BCUT2D eigenvalue weighted by atomic mass is 15.1. The largest absolute Gasteiger partial charge is 0.307 e. The second-order valence-corrected chi connectivity index (χ2v) is 4.64.